The molecule has 8 N–H and O–H groups in total. The number of hydrogen-bond acceptors (Lipinski definition) is 10. The molecule has 0 bridgehead atoms. The summed E-state index contributed by atoms with van der Waals surface area (Å²) in [6, 6.07) is 1.77. The van der Waals surface area contributed by atoms with Crippen LogP contribution in [0.15, 0.2) is 41.7 Å². The molecule has 4 rings (SSSR count). The molecule has 3 aliphatic rings. The second-order valence-electron chi connectivity index (χ2n) is 9.99. The van der Waals surface area contributed by atoms with E-state index < -0.39 is 58.4 Å². The third-order valence-corrected chi connectivity index (χ3v) is 7.60. The molecule has 3 unspecified atom stereocenters. The van der Waals surface area contributed by atoms with Crippen LogP contribution in [-0.2, 0) is 16.0 Å². The number of benzene rings is 1. The number of Topliss-reactive ketones (excluding diaryl/α,β-unsaturated/α-hetero) is 2. The summed E-state index contributed by atoms with van der Waals surface area (Å²) in [5, 5.41) is 57.5. The van der Waals surface area contributed by atoms with Gasteiger partial charge in [-0.2, -0.15) is 0 Å². The number of phenolic OH excluding ortho intramolecular Hbond substituents is 1. The molecule has 198 valence electrons. The third kappa shape index (κ3) is 4.04. The maximum absolute atomic E-state index is 13.8. The summed E-state index contributed by atoms with van der Waals surface area (Å²) in [4.78, 5) is 40.4. The Morgan fingerprint density at radius 2 is 1.92 bits per heavy atom. The zero-order chi connectivity index (χ0) is 27.4. The van der Waals surface area contributed by atoms with Crippen LogP contribution in [0, 0.1) is 17.8 Å². The molecule has 0 saturated heterocycles. The zero-order valence-electron chi connectivity index (χ0n) is 20.6. The molecule has 0 radical (unpaired) electrons. The van der Waals surface area contributed by atoms with Crippen LogP contribution in [0.4, 0.5) is 0 Å². The van der Waals surface area contributed by atoms with E-state index in [-0.39, 0.29) is 47.6 Å². The van der Waals surface area contributed by atoms with Crippen LogP contribution in [0.3, 0.4) is 0 Å². The number of nitrogens with one attached hydrogen (secondary N) is 1. The predicted molar refractivity (Wildman–Crippen MR) is 132 cm³/mol. The van der Waals surface area contributed by atoms with E-state index >= 15 is 0 Å². The first kappa shape index (κ1) is 26.6. The summed E-state index contributed by atoms with van der Waals surface area (Å²) in [5.74, 6) is -10.2. The summed E-state index contributed by atoms with van der Waals surface area (Å²) in [6.45, 7) is 3.99. The number of nitrogens with zero attached hydrogens (tertiary/aromatic N) is 1. The Hall–Kier alpha value is -3.51. The second kappa shape index (κ2) is 9.42. The van der Waals surface area contributed by atoms with Gasteiger partial charge in [0.05, 0.1) is 24.1 Å². The number of allylic oxidation sites excluding steroid dienone is 1. The standard InChI is InChI=1S/C26H31N3O8/c1-4-7-28-10-16(31)12-5-6-15(30)18-13(12)8-11-9-14-19(23(33)17(11)22(18)32)26(36,37)20(25(27)35)24(34)21(14)29(2)3/h4-6,11,14,19,21,28,30,32,34,36-37H,1,7-10H2,2-3H3,(H2,27,35)/t11?,14?,19?,21-/m0/s1. The number of aromatic hydroxyl groups is 1. The molecule has 1 fully saturated rings. The number of fused-ring (bicyclic) bond motifs is 3. The summed E-state index contributed by atoms with van der Waals surface area (Å²) in [6.07, 6.45) is 1.82. The van der Waals surface area contributed by atoms with Crippen molar-refractivity contribution in [2.45, 2.75) is 24.7 Å². The lowest BCUT2D eigenvalue weighted by molar-refractivity contribution is -0.203. The minimum atomic E-state index is -3.08. The SMILES string of the molecule is C=CCNCC(=O)c1ccc(O)c2c1CC1CC3C(C(=O)C1=C2O)C(O)(O)C(C(N)=O)=C(O)[C@H]3N(C)C. The number of aliphatic hydroxyl groups excluding tert-OH is 2. The lowest BCUT2D eigenvalue weighted by Gasteiger charge is -2.51. The predicted octanol–water partition coefficient (Wildman–Crippen LogP) is -0.0808. The highest BCUT2D eigenvalue weighted by Crippen LogP contribution is 2.53. The summed E-state index contributed by atoms with van der Waals surface area (Å²) >= 11 is 0. The largest absolute Gasteiger partial charge is 0.510 e. The van der Waals surface area contributed by atoms with E-state index in [9.17, 15) is 39.9 Å². The van der Waals surface area contributed by atoms with Gasteiger partial charge in [-0.05, 0) is 56.5 Å². The van der Waals surface area contributed by atoms with Crippen LogP contribution < -0.4 is 11.1 Å². The zero-order valence-corrected chi connectivity index (χ0v) is 20.6. The van der Waals surface area contributed by atoms with Gasteiger partial charge in [0.25, 0.3) is 5.91 Å². The van der Waals surface area contributed by atoms with E-state index in [0.717, 1.165) is 0 Å². The number of ketones is 2. The van der Waals surface area contributed by atoms with Crippen LogP contribution in [0.5, 0.6) is 5.75 Å². The van der Waals surface area contributed by atoms with Crippen LogP contribution in [0.25, 0.3) is 5.76 Å². The van der Waals surface area contributed by atoms with Gasteiger partial charge in [0.15, 0.2) is 11.6 Å². The number of likely N-dealkylation sites (N-methyl/N-ethyl adjacent to an activating group) is 1. The lowest BCUT2D eigenvalue weighted by Crippen LogP contribution is -2.62. The fourth-order valence-electron chi connectivity index (χ4n) is 6.20. The van der Waals surface area contributed by atoms with Crippen LogP contribution >= 0.6 is 0 Å². The van der Waals surface area contributed by atoms with Crippen LogP contribution in [-0.4, -0.2) is 86.9 Å². The fourth-order valence-corrected chi connectivity index (χ4v) is 6.20. The van der Waals surface area contributed by atoms with E-state index in [1.807, 2.05) is 0 Å². The fraction of sp³-hybridized carbons (Fsp3) is 0.423. The highest BCUT2D eigenvalue weighted by Gasteiger charge is 2.62. The van der Waals surface area contributed by atoms with Gasteiger partial charge in [0.2, 0.25) is 5.79 Å². The maximum atomic E-state index is 13.8. The Morgan fingerprint density at radius 1 is 1.24 bits per heavy atom. The van der Waals surface area contributed by atoms with Crippen molar-refractivity contribution in [1.82, 2.24) is 10.2 Å². The smallest absolute Gasteiger partial charge is 0.253 e. The molecule has 11 nitrogen and oxygen atoms in total. The van der Waals surface area contributed by atoms with Gasteiger partial charge in [0.1, 0.15) is 22.8 Å². The quantitative estimate of drug-likeness (QED) is 0.112. The topological polar surface area (TPSA) is 194 Å². The molecule has 1 amide bonds. The van der Waals surface area contributed by atoms with Crippen LogP contribution in [0.1, 0.15) is 27.9 Å². The van der Waals surface area contributed by atoms with Crippen LogP contribution in [0.2, 0.25) is 0 Å². The molecular weight excluding hydrogens is 482 g/mol. The number of carbonyl (C=O) groups excluding carboxylic acids is 3. The van der Waals surface area contributed by atoms with E-state index in [1.54, 1.807) is 25.1 Å². The number of rotatable bonds is 7. The molecule has 3 aliphatic carbocycles. The third-order valence-electron chi connectivity index (χ3n) is 7.60. The van der Waals surface area contributed by atoms with Crippen molar-refractivity contribution in [2.24, 2.45) is 23.5 Å². The first-order chi connectivity index (χ1) is 17.3. The van der Waals surface area contributed by atoms with E-state index in [0.29, 0.717) is 12.1 Å². The molecule has 4 atom stereocenters. The molecule has 0 spiro atoms. The lowest BCUT2D eigenvalue weighted by atomic mass is 9.57. The first-order valence-electron chi connectivity index (χ1n) is 11.9. The van der Waals surface area contributed by atoms with Gasteiger partial charge < -0.3 is 36.6 Å². The maximum Gasteiger partial charge on any atom is 0.253 e. The number of hydrogen-bond donors (Lipinski definition) is 7. The normalized spacial score (nSPS) is 26.5. The van der Waals surface area contributed by atoms with E-state index in [2.05, 4.69) is 11.9 Å². The average molecular weight is 514 g/mol. The number of amides is 1. The highest BCUT2D eigenvalue weighted by molar-refractivity contribution is 6.09. The van der Waals surface area contributed by atoms with Gasteiger partial charge in [-0.15, -0.1) is 6.58 Å². The number of carbonyl (C=O) groups is 3. The molecular formula is C26H31N3O8. The van der Waals surface area contributed by atoms with Crippen molar-refractivity contribution < 1.29 is 39.9 Å². The number of nitrogens with two attached hydrogens (primary N) is 1. The van der Waals surface area contributed by atoms with Crippen molar-refractivity contribution >= 4 is 23.2 Å². The first-order valence-corrected chi connectivity index (χ1v) is 11.9. The number of primary amides is 1. The van der Waals surface area contributed by atoms with E-state index in [4.69, 9.17) is 5.73 Å². The average Bonchev–Trinajstić information content (AvgIpc) is 2.77. The Balaban J connectivity index is 1.86. The molecule has 0 heterocycles. The van der Waals surface area contributed by atoms with Crippen molar-refractivity contribution in [3.05, 3.63) is 58.4 Å². The molecule has 1 saturated carbocycles. The van der Waals surface area contributed by atoms with Crippen molar-refractivity contribution in [3.63, 3.8) is 0 Å². The molecule has 1 aromatic carbocycles. The van der Waals surface area contributed by atoms with Gasteiger partial charge in [-0.3, -0.25) is 19.3 Å². The van der Waals surface area contributed by atoms with E-state index in [1.165, 1.54) is 12.1 Å². The Bertz CT molecular complexity index is 1260. The van der Waals surface area contributed by atoms with Crippen molar-refractivity contribution in [1.29, 1.82) is 0 Å². The number of aliphatic hydroxyl groups is 4. The Morgan fingerprint density at radius 3 is 2.51 bits per heavy atom. The van der Waals surface area contributed by atoms with Gasteiger partial charge in [-0.1, -0.05) is 6.08 Å². The van der Waals surface area contributed by atoms with Crippen molar-refractivity contribution in [2.75, 3.05) is 27.2 Å². The molecule has 0 aromatic heterocycles. The number of phenols is 1. The van der Waals surface area contributed by atoms with Gasteiger partial charge in [0, 0.05) is 17.7 Å². The highest BCUT2D eigenvalue weighted by atomic mass is 16.5. The molecule has 1 aromatic rings. The molecule has 11 heteroatoms. The summed E-state index contributed by atoms with van der Waals surface area (Å²) in [7, 11) is 3.21. The Labute approximate surface area is 213 Å². The summed E-state index contributed by atoms with van der Waals surface area (Å²) in [5.41, 5.74) is 4.92. The molecule has 37 heavy (non-hydrogen) atoms. The minimum Gasteiger partial charge on any atom is -0.510 e. The van der Waals surface area contributed by atoms with Crippen molar-refractivity contribution in [3.8, 4) is 5.75 Å². The van der Waals surface area contributed by atoms with Gasteiger partial charge in [-0.25, -0.2) is 0 Å². The van der Waals surface area contributed by atoms with Gasteiger partial charge >= 0.3 is 0 Å². The minimum absolute atomic E-state index is 0.0102. The molecule has 0 aliphatic heterocycles. The summed E-state index contributed by atoms with van der Waals surface area (Å²) < 4.78 is 0. The second-order valence-corrected chi connectivity index (χ2v) is 9.99. The monoisotopic (exact) mass is 513 g/mol. The Kier molecular flexibility index (Phi) is 6.76.